The maximum Gasteiger partial charge on any atom is 0.407 e. The molecule has 7 nitrogen and oxygen atoms in total. The summed E-state index contributed by atoms with van der Waals surface area (Å²) in [5.41, 5.74) is 4.18. The molecule has 0 fully saturated rings. The Morgan fingerprint density at radius 1 is 1.06 bits per heavy atom. The van der Waals surface area contributed by atoms with Gasteiger partial charge < -0.3 is 20.1 Å². The van der Waals surface area contributed by atoms with Crippen molar-refractivity contribution in [3.63, 3.8) is 0 Å². The van der Waals surface area contributed by atoms with E-state index in [0.717, 1.165) is 22.3 Å². The van der Waals surface area contributed by atoms with Gasteiger partial charge in [-0.1, -0.05) is 61.9 Å². The van der Waals surface area contributed by atoms with E-state index < -0.39 is 43.2 Å². The van der Waals surface area contributed by atoms with Crippen molar-refractivity contribution in [3.8, 4) is 11.1 Å². The van der Waals surface area contributed by atoms with Gasteiger partial charge in [-0.15, -0.1) is 0 Å². The van der Waals surface area contributed by atoms with Crippen LogP contribution in [0, 0.1) is 5.92 Å². The molecule has 1 aliphatic rings. The van der Waals surface area contributed by atoms with Crippen LogP contribution in [0.3, 0.4) is 0 Å². The molecule has 2 aromatic carbocycles. The van der Waals surface area contributed by atoms with Crippen LogP contribution in [0.2, 0.25) is 0 Å². The van der Waals surface area contributed by atoms with Crippen LogP contribution in [0.5, 0.6) is 0 Å². The van der Waals surface area contributed by atoms with Crippen LogP contribution < -0.4 is 5.32 Å². The monoisotopic (exact) mass is 492 g/mol. The molecule has 2 aromatic rings. The maximum atomic E-state index is 12.9. The number of benzene rings is 2. The lowest BCUT2D eigenvalue weighted by molar-refractivity contribution is -0.168. The van der Waals surface area contributed by atoms with E-state index >= 15 is 0 Å². The molecule has 0 saturated heterocycles. The summed E-state index contributed by atoms with van der Waals surface area (Å²) in [6.07, 6.45) is -4.92. The molecule has 0 bridgehead atoms. The third-order valence-corrected chi connectivity index (χ3v) is 5.83. The van der Waals surface area contributed by atoms with E-state index in [4.69, 9.17) is 9.84 Å². The van der Waals surface area contributed by atoms with Crippen LogP contribution in [0.1, 0.15) is 36.8 Å². The number of rotatable bonds is 10. The Morgan fingerprint density at radius 2 is 1.63 bits per heavy atom. The summed E-state index contributed by atoms with van der Waals surface area (Å²) in [7, 11) is 0. The Hall–Kier alpha value is -3.56. The lowest BCUT2D eigenvalue weighted by Crippen LogP contribution is -2.47. The third kappa shape index (κ3) is 6.74. The first kappa shape index (κ1) is 26.1. The van der Waals surface area contributed by atoms with Crippen molar-refractivity contribution in [3.05, 3.63) is 59.7 Å². The molecule has 1 atom stereocenters. The van der Waals surface area contributed by atoms with E-state index in [1.54, 1.807) is 6.92 Å². The van der Waals surface area contributed by atoms with E-state index in [1.165, 1.54) is 0 Å². The summed E-state index contributed by atoms with van der Waals surface area (Å²) in [6, 6.07) is 15.6. The number of hydrogen-bond acceptors (Lipinski definition) is 4. The minimum absolute atomic E-state index is 0.0471. The fourth-order valence-electron chi connectivity index (χ4n) is 4.37. The van der Waals surface area contributed by atoms with Gasteiger partial charge in [-0.25, -0.2) is 4.79 Å². The highest BCUT2D eigenvalue weighted by Crippen LogP contribution is 2.44. The lowest BCUT2D eigenvalue weighted by Gasteiger charge is -2.27. The van der Waals surface area contributed by atoms with Gasteiger partial charge in [-0.2, -0.15) is 13.2 Å². The maximum absolute atomic E-state index is 12.9. The Bertz CT molecular complexity index is 1030. The van der Waals surface area contributed by atoms with Crippen molar-refractivity contribution in [2.75, 3.05) is 26.2 Å². The quantitative estimate of drug-likeness (QED) is 0.512. The smallest absolute Gasteiger partial charge is 0.407 e. The van der Waals surface area contributed by atoms with Gasteiger partial charge in [0.15, 0.2) is 0 Å². The molecule has 0 aliphatic heterocycles. The van der Waals surface area contributed by atoms with Gasteiger partial charge in [0, 0.05) is 12.5 Å². The average molecular weight is 492 g/mol. The van der Waals surface area contributed by atoms with Crippen LogP contribution in [-0.4, -0.2) is 60.4 Å². The Labute approximate surface area is 200 Å². The lowest BCUT2D eigenvalue weighted by atomic mass is 9.98. The molecule has 2 N–H and O–H groups in total. The number of ether oxygens (including phenoxy) is 1. The second-order valence-corrected chi connectivity index (χ2v) is 8.40. The van der Waals surface area contributed by atoms with Crippen molar-refractivity contribution in [2.24, 2.45) is 5.92 Å². The molecule has 188 valence electrons. The van der Waals surface area contributed by atoms with Crippen LogP contribution in [-0.2, 0) is 14.3 Å². The fourth-order valence-corrected chi connectivity index (χ4v) is 4.37. The van der Waals surface area contributed by atoms with Gasteiger partial charge in [-0.3, -0.25) is 9.59 Å². The van der Waals surface area contributed by atoms with E-state index in [9.17, 15) is 27.6 Å². The molecule has 0 radical (unpaired) electrons. The number of carbonyl (C=O) groups excluding carboxylic acids is 2. The Balaban J connectivity index is 1.62. The number of halogens is 3. The standard InChI is InChI=1S/C25H27F3N2O5/c1-2-7-16(23(33)30(13-22(31)32)15-25(26,27)28)12-29-24(34)35-14-21-19-10-5-3-8-17(19)18-9-4-6-11-20(18)21/h3-6,8-11,16,21H,2,7,12-15H2,1H3,(H,29,34)(H,31,32). The minimum atomic E-state index is -4.75. The Kier molecular flexibility index (Phi) is 8.37. The van der Waals surface area contributed by atoms with Gasteiger partial charge >= 0.3 is 18.2 Å². The highest BCUT2D eigenvalue weighted by molar-refractivity contribution is 5.84. The number of alkyl halides is 3. The highest BCUT2D eigenvalue weighted by Gasteiger charge is 2.36. The average Bonchev–Trinajstić information content (AvgIpc) is 3.12. The zero-order valence-electron chi connectivity index (χ0n) is 19.2. The number of fused-ring (bicyclic) bond motifs is 3. The number of amides is 2. The number of carboxylic acids is 1. The van der Waals surface area contributed by atoms with Crippen molar-refractivity contribution in [1.82, 2.24) is 10.2 Å². The van der Waals surface area contributed by atoms with E-state index in [2.05, 4.69) is 5.32 Å². The fraction of sp³-hybridized carbons (Fsp3) is 0.400. The predicted molar refractivity (Wildman–Crippen MR) is 122 cm³/mol. The SMILES string of the molecule is CCCC(CNC(=O)OCC1c2ccccc2-c2ccccc21)C(=O)N(CC(=O)O)CC(F)(F)F. The van der Waals surface area contributed by atoms with Gasteiger partial charge in [-0.05, 0) is 28.7 Å². The van der Waals surface area contributed by atoms with Crippen LogP contribution in [0.4, 0.5) is 18.0 Å². The zero-order chi connectivity index (χ0) is 25.6. The number of hydrogen-bond donors (Lipinski definition) is 2. The molecule has 1 aliphatic carbocycles. The second-order valence-electron chi connectivity index (χ2n) is 8.40. The van der Waals surface area contributed by atoms with E-state index in [1.807, 2.05) is 48.5 Å². The number of carbonyl (C=O) groups is 3. The third-order valence-electron chi connectivity index (χ3n) is 5.83. The number of alkyl carbamates (subject to hydrolysis) is 1. The topological polar surface area (TPSA) is 95.9 Å². The Morgan fingerprint density at radius 3 is 2.14 bits per heavy atom. The molecule has 0 heterocycles. The summed E-state index contributed by atoms with van der Waals surface area (Å²) in [6.45, 7) is -1.24. The zero-order valence-corrected chi connectivity index (χ0v) is 19.2. The summed E-state index contributed by atoms with van der Waals surface area (Å²) in [5.74, 6) is -3.71. The molecular weight excluding hydrogens is 465 g/mol. The largest absolute Gasteiger partial charge is 0.480 e. The summed E-state index contributed by atoms with van der Waals surface area (Å²) < 4.78 is 44.0. The molecular formula is C25H27F3N2O5. The summed E-state index contributed by atoms with van der Waals surface area (Å²) in [4.78, 5) is 36.3. The molecule has 2 amide bonds. The van der Waals surface area contributed by atoms with Crippen LogP contribution >= 0.6 is 0 Å². The molecule has 0 saturated carbocycles. The number of aliphatic carboxylic acids is 1. The number of nitrogens with one attached hydrogen (secondary N) is 1. The second kappa shape index (κ2) is 11.2. The first-order valence-electron chi connectivity index (χ1n) is 11.3. The van der Waals surface area contributed by atoms with Gasteiger partial charge in [0.25, 0.3) is 0 Å². The molecule has 1 unspecified atom stereocenters. The van der Waals surface area contributed by atoms with E-state index in [-0.39, 0.29) is 30.4 Å². The minimum Gasteiger partial charge on any atom is -0.480 e. The van der Waals surface area contributed by atoms with Crippen molar-refractivity contribution in [1.29, 1.82) is 0 Å². The molecule has 35 heavy (non-hydrogen) atoms. The molecule has 0 aromatic heterocycles. The normalized spacial score (nSPS) is 13.5. The van der Waals surface area contributed by atoms with Gasteiger partial charge in [0.2, 0.25) is 5.91 Å². The molecule has 10 heteroatoms. The molecule has 3 rings (SSSR count). The predicted octanol–water partition coefficient (Wildman–Crippen LogP) is 4.42. The molecule has 0 spiro atoms. The van der Waals surface area contributed by atoms with Crippen LogP contribution in [0.15, 0.2) is 48.5 Å². The first-order chi connectivity index (χ1) is 16.6. The van der Waals surface area contributed by atoms with Gasteiger partial charge in [0.1, 0.15) is 19.7 Å². The van der Waals surface area contributed by atoms with Crippen molar-refractivity contribution in [2.45, 2.75) is 31.9 Å². The van der Waals surface area contributed by atoms with Crippen LogP contribution in [0.25, 0.3) is 11.1 Å². The summed E-state index contributed by atoms with van der Waals surface area (Å²) >= 11 is 0. The number of nitrogens with zero attached hydrogens (tertiary/aromatic N) is 1. The number of carboxylic acid groups (broad SMARTS) is 1. The highest BCUT2D eigenvalue weighted by atomic mass is 19.4. The van der Waals surface area contributed by atoms with Crippen molar-refractivity contribution < 1.29 is 37.4 Å². The van der Waals surface area contributed by atoms with E-state index in [0.29, 0.717) is 6.42 Å². The van der Waals surface area contributed by atoms with Crippen molar-refractivity contribution >= 4 is 18.0 Å². The summed E-state index contributed by atoms with van der Waals surface area (Å²) in [5, 5.41) is 11.4. The van der Waals surface area contributed by atoms with Gasteiger partial charge in [0.05, 0.1) is 5.92 Å². The first-order valence-corrected chi connectivity index (χ1v) is 11.3.